The number of hydrazone groups is 1. The minimum absolute atomic E-state index is 0.00145. The zero-order valence-electron chi connectivity index (χ0n) is 15.5. The predicted molar refractivity (Wildman–Crippen MR) is 116 cm³/mol. The van der Waals surface area contributed by atoms with E-state index < -0.39 is 4.92 Å². The third-order valence-electron chi connectivity index (χ3n) is 4.49. The van der Waals surface area contributed by atoms with Crippen LogP contribution < -0.4 is 5.01 Å². The Morgan fingerprint density at radius 2 is 1.80 bits per heavy atom. The fourth-order valence-corrected chi connectivity index (χ4v) is 3.24. The molecule has 0 N–H and O–H groups in total. The van der Waals surface area contributed by atoms with E-state index in [2.05, 4.69) is 5.10 Å². The van der Waals surface area contributed by atoms with E-state index in [-0.39, 0.29) is 11.6 Å². The van der Waals surface area contributed by atoms with Crippen LogP contribution in [-0.4, -0.2) is 16.5 Å². The summed E-state index contributed by atoms with van der Waals surface area (Å²) in [5.41, 5.74) is 2.09. The Labute approximate surface area is 181 Å². The first-order valence-electron chi connectivity index (χ1n) is 8.75. The summed E-state index contributed by atoms with van der Waals surface area (Å²) < 4.78 is 5.79. The number of rotatable bonds is 4. The molecule has 0 fully saturated rings. The van der Waals surface area contributed by atoms with Gasteiger partial charge in [-0.15, -0.1) is 0 Å². The molecule has 150 valence electrons. The van der Waals surface area contributed by atoms with Crippen molar-refractivity contribution in [3.63, 3.8) is 0 Å². The standard InChI is InChI=1S/C21H13Cl2N3O4/c1-12-17(21(27)25(24-12)15-6-8-18(22)19(23)10-15)11-16-7-9-20(30-16)13-2-4-14(5-3-13)26(28)29/h2-11H,1H3/b17-11+. The van der Waals surface area contributed by atoms with Crippen molar-refractivity contribution < 1.29 is 14.1 Å². The van der Waals surface area contributed by atoms with E-state index in [1.807, 2.05) is 0 Å². The lowest BCUT2D eigenvalue weighted by Gasteiger charge is -2.12. The van der Waals surface area contributed by atoms with E-state index in [1.54, 1.807) is 55.5 Å². The molecule has 0 unspecified atom stereocenters. The lowest BCUT2D eigenvalue weighted by molar-refractivity contribution is -0.384. The van der Waals surface area contributed by atoms with Gasteiger partial charge in [0.05, 0.1) is 31.9 Å². The van der Waals surface area contributed by atoms with Gasteiger partial charge in [-0.05, 0) is 55.5 Å². The van der Waals surface area contributed by atoms with Crippen molar-refractivity contribution in [1.82, 2.24) is 0 Å². The van der Waals surface area contributed by atoms with Gasteiger partial charge in [-0.3, -0.25) is 14.9 Å². The first-order valence-corrected chi connectivity index (χ1v) is 9.50. The van der Waals surface area contributed by atoms with Gasteiger partial charge in [-0.1, -0.05) is 23.2 Å². The van der Waals surface area contributed by atoms with Gasteiger partial charge in [0, 0.05) is 17.7 Å². The van der Waals surface area contributed by atoms with Crippen molar-refractivity contribution in [2.24, 2.45) is 5.10 Å². The number of hydrogen-bond acceptors (Lipinski definition) is 5. The van der Waals surface area contributed by atoms with E-state index >= 15 is 0 Å². The maximum atomic E-state index is 12.9. The molecule has 9 heteroatoms. The molecular formula is C21H13Cl2N3O4. The molecule has 1 amide bonds. The van der Waals surface area contributed by atoms with Crippen LogP contribution in [0.5, 0.6) is 0 Å². The highest BCUT2D eigenvalue weighted by molar-refractivity contribution is 6.42. The number of anilines is 1. The van der Waals surface area contributed by atoms with Crippen LogP contribution in [0, 0.1) is 10.1 Å². The summed E-state index contributed by atoms with van der Waals surface area (Å²) in [5.74, 6) is 0.662. The Hall–Kier alpha value is -3.42. The van der Waals surface area contributed by atoms with Gasteiger partial charge >= 0.3 is 0 Å². The van der Waals surface area contributed by atoms with Gasteiger partial charge in [-0.25, -0.2) is 0 Å². The number of hydrogen-bond donors (Lipinski definition) is 0. The summed E-state index contributed by atoms with van der Waals surface area (Å²) >= 11 is 12.0. The molecule has 0 spiro atoms. The van der Waals surface area contributed by atoms with Crippen molar-refractivity contribution in [3.05, 3.63) is 86.1 Å². The molecule has 7 nitrogen and oxygen atoms in total. The third-order valence-corrected chi connectivity index (χ3v) is 5.23. The van der Waals surface area contributed by atoms with Crippen LogP contribution in [0.1, 0.15) is 12.7 Å². The van der Waals surface area contributed by atoms with Crippen LogP contribution in [0.15, 0.2) is 69.7 Å². The second-order valence-corrected chi connectivity index (χ2v) is 7.28. The predicted octanol–water partition coefficient (Wildman–Crippen LogP) is 5.97. The van der Waals surface area contributed by atoms with Gasteiger partial charge in [0.25, 0.3) is 11.6 Å². The Morgan fingerprint density at radius 1 is 1.07 bits per heavy atom. The zero-order valence-corrected chi connectivity index (χ0v) is 17.0. The minimum atomic E-state index is -0.463. The van der Waals surface area contributed by atoms with Crippen molar-refractivity contribution in [1.29, 1.82) is 0 Å². The second-order valence-electron chi connectivity index (χ2n) is 6.46. The first kappa shape index (κ1) is 19.9. The van der Waals surface area contributed by atoms with Crippen LogP contribution in [0.4, 0.5) is 11.4 Å². The molecule has 2 heterocycles. The molecule has 4 rings (SSSR count). The van der Waals surface area contributed by atoms with Gasteiger partial charge in [0.2, 0.25) is 0 Å². The normalized spacial score (nSPS) is 15.0. The zero-order chi connectivity index (χ0) is 21.4. The van der Waals surface area contributed by atoms with Crippen molar-refractivity contribution in [3.8, 4) is 11.3 Å². The average Bonchev–Trinajstić information content (AvgIpc) is 3.30. The topological polar surface area (TPSA) is 89.0 Å². The van der Waals surface area contributed by atoms with Crippen LogP contribution in [0.2, 0.25) is 10.0 Å². The Kier molecular flexibility index (Phi) is 5.15. The molecule has 0 saturated heterocycles. The SMILES string of the molecule is CC1=NN(c2ccc(Cl)c(Cl)c2)C(=O)/C1=C/c1ccc(-c2ccc([N+](=O)[O-])cc2)o1. The molecule has 0 bridgehead atoms. The third kappa shape index (κ3) is 3.72. The second kappa shape index (κ2) is 7.78. The molecule has 0 radical (unpaired) electrons. The summed E-state index contributed by atoms with van der Waals surface area (Å²) in [5, 5.41) is 17.1. The molecule has 1 aliphatic heterocycles. The van der Waals surface area contributed by atoms with Gasteiger partial charge < -0.3 is 4.42 Å². The lowest BCUT2D eigenvalue weighted by atomic mass is 10.1. The number of benzene rings is 2. The van der Waals surface area contributed by atoms with Crippen LogP contribution in [0.25, 0.3) is 17.4 Å². The van der Waals surface area contributed by atoms with E-state index in [0.717, 1.165) is 0 Å². The highest BCUT2D eigenvalue weighted by atomic mass is 35.5. The summed E-state index contributed by atoms with van der Waals surface area (Å²) in [6.45, 7) is 1.72. The average molecular weight is 442 g/mol. The maximum Gasteiger partial charge on any atom is 0.280 e. The number of non-ortho nitro benzene ring substituents is 1. The number of halogens is 2. The fourth-order valence-electron chi connectivity index (χ4n) is 2.95. The fraction of sp³-hybridized carbons (Fsp3) is 0.0476. The molecule has 30 heavy (non-hydrogen) atoms. The molecule has 3 aromatic rings. The lowest BCUT2D eigenvalue weighted by Crippen LogP contribution is -2.21. The molecule has 1 aromatic heterocycles. The Bertz CT molecular complexity index is 1230. The summed E-state index contributed by atoms with van der Waals surface area (Å²) in [6, 6.07) is 14.3. The van der Waals surface area contributed by atoms with Crippen molar-refractivity contribution in [2.75, 3.05) is 5.01 Å². The Morgan fingerprint density at radius 3 is 2.47 bits per heavy atom. The summed E-state index contributed by atoms with van der Waals surface area (Å²) in [4.78, 5) is 23.2. The minimum Gasteiger partial charge on any atom is -0.457 e. The summed E-state index contributed by atoms with van der Waals surface area (Å²) in [7, 11) is 0. The quantitative estimate of drug-likeness (QED) is 0.283. The molecule has 0 aliphatic carbocycles. The largest absolute Gasteiger partial charge is 0.457 e. The number of nitrogens with zero attached hydrogens (tertiary/aromatic N) is 3. The van der Waals surface area contributed by atoms with Gasteiger partial charge in [0.1, 0.15) is 11.5 Å². The first-order chi connectivity index (χ1) is 14.3. The summed E-state index contributed by atoms with van der Waals surface area (Å²) in [6.07, 6.45) is 1.60. The molecule has 2 aromatic carbocycles. The van der Waals surface area contributed by atoms with Crippen LogP contribution in [-0.2, 0) is 4.79 Å². The number of furan rings is 1. The number of amides is 1. The van der Waals surface area contributed by atoms with Crippen LogP contribution >= 0.6 is 23.2 Å². The van der Waals surface area contributed by atoms with Crippen LogP contribution in [0.3, 0.4) is 0 Å². The van der Waals surface area contributed by atoms with Gasteiger partial charge in [0.15, 0.2) is 0 Å². The smallest absolute Gasteiger partial charge is 0.280 e. The van der Waals surface area contributed by atoms with Crippen molar-refractivity contribution >= 4 is 52.3 Å². The van der Waals surface area contributed by atoms with E-state index in [1.165, 1.54) is 17.1 Å². The number of nitro groups is 1. The highest BCUT2D eigenvalue weighted by Gasteiger charge is 2.29. The van der Waals surface area contributed by atoms with Crippen molar-refractivity contribution in [2.45, 2.75) is 6.92 Å². The molecule has 0 saturated carbocycles. The van der Waals surface area contributed by atoms with E-state index in [0.29, 0.717) is 44.1 Å². The molecule has 1 aliphatic rings. The van der Waals surface area contributed by atoms with E-state index in [9.17, 15) is 14.9 Å². The molecular weight excluding hydrogens is 429 g/mol. The number of carbonyl (C=O) groups excluding carboxylic acids is 1. The number of nitro benzene ring substituents is 1. The number of carbonyl (C=O) groups is 1. The monoisotopic (exact) mass is 441 g/mol. The van der Waals surface area contributed by atoms with Gasteiger partial charge in [-0.2, -0.15) is 10.1 Å². The van der Waals surface area contributed by atoms with E-state index in [4.69, 9.17) is 27.6 Å². The highest BCUT2D eigenvalue weighted by Crippen LogP contribution is 2.31. The Balaban J connectivity index is 1.59. The molecule has 0 atom stereocenters. The maximum absolute atomic E-state index is 12.9.